The van der Waals surface area contributed by atoms with Crippen molar-refractivity contribution in [3.05, 3.63) is 29.3 Å². The lowest BCUT2D eigenvalue weighted by Crippen LogP contribution is -2.50. The third-order valence-electron chi connectivity index (χ3n) is 5.87. The summed E-state index contributed by atoms with van der Waals surface area (Å²) < 4.78 is 11.3. The summed E-state index contributed by atoms with van der Waals surface area (Å²) in [6.45, 7) is 6.54. The molecule has 166 valence electrons. The van der Waals surface area contributed by atoms with E-state index >= 15 is 0 Å². The molecule has 2 amide bonds. The zero-order valence-electron chi connectivity index (χ0n) is 18.4. The summed E-state index contributed by atoms with van der Waals surface area (Å²) in [5.41, 5.74) is 2.21. The number of nitrogens with one attached hydrogen (secondary N) is 2. The lowest BCUT2D eigenvalue weighted by molar-refractivity contribution is -0.148. The Hall–Kier alpha value is -2.12. The number of nitrogens with zero attached hydrogens (tertiary/aromatic N) is 1. The van der Waals surface area contributed by atoms with Gasteiger partial charge in [0.05, 0.1) is 19.8 Å². The number of ether oxygens (including phenoxy) is 2. The average molecular weight is 418 g/mol. The number of methoxy groups -OCH3 is 1. The van der Waals surface area contributed by atoms with Crippen molar-refractivity contribution < 1.29 is 19.1 Å². The van der Waals surface area contributed by atoms with Crippen molar-refractivity contribution in [2.45, 2.75) is 64.1 Å². The van der Waals surface area contributed by atoms with Crippen molar-refractivity contribution in [2.75, 3.05) is 33.4 Å². The molecule has 1 aliphatic carbocycles. The highest BCUT2D eigenvalue weighted by atomic mass is 16.5. The Kier molecular flexibility index (Phi) is 8.10. The lowest BCUT2D eigenvalue weighted by atomic mass is 9.99. The quantitative estimate of drug-likeness (QED) is 0.571. The molecule has 1 aliphatic heterocycles. The van der Waals surface area contributed by atoms with Gasteiger partial charge < -0.3 is 25.0 Å². The third kappa shape index (κ3) is 5.73. The lowest BCUT2D eigenvalue weighted by Gasteiger charge is -2.34. The maximum Gasteiger partial charge on any atom is 0.253 e. The van der Waals surface area contributed by atoms with Gasteiger partial charge in [0.25, 0.3) is 5.91 Å². The average Bonchev–Trinajstić information content (AvgIpc) is 3.62. The first kappa shape index (κ1) is 22.6. The van der Waals surface area contributed by atoms with Crippen LogP contribution in [0.1, 0.15) is 56.7 Å². The molecule has 3 rings (SSSR count). The first-order valence-electron chi connectivity index (χ1n) is 11.1. The molecule has 7 nitrogen and oxygen atoms in total. The number of carbonyl (C=O) groups excluding carboxylic acids is 2. The van der Waals surface area contributed by atoms with Crippen LogP contribution in [0.4, 0.5) is 0 Å². The second-order valence-electron chi connectivity index (χ2n) is 8.09. The smallest absolute Gasteiger partial charge is 0.253 e. The molecule has 0 unspecified atom stereocenters. The van der Waals surface area contributed by atoms with E-state index in [1.165, 1.54) is 0 Å². The Labute approximate surface area is 179 Å². The van der Waals surface area contributed by atoms with E-state index in [9.17, 15) is 9.59 Å². The van der Waals surface area contributed by atoms with Gasteiger partial charge in [0.15, 0.2) is 0 Å². The topological polar surface area (TPSA) is 79.9 Å². The van der Waals surface area contributed by atoms with E-state index in [2.05, 4.69) is 29.7 Å². The number of benzene rings is 1. The van der Waals surface area contributed by atoms with Crippen molar-refractivity contribution in [1.82, 2.24) is 15.5 Å². The highest BCUT2D eigenvalue weighted by molar-refractivity contribution is 5.82. The first-order valence-corrected chi connectivity index (χ1v) is 11.1. The molecular formula is C23H35N3O4. The van der Waals surface area contributed by atoms with Gasteiger partial charge in [-0.05, 0) is 49.8 Å². The fraction of sp³-hybridized carbons (Fsp3) is 0.652. The summed E-state index contributed by atoms with van der Waals surface area (Å²) in [4.78, 5) is 26.7. The molecule has 2 fully saturated rings. The molecule has 0 spiro atoms. The Morgan fingerprint density at radius 3 is 2.80 bits per heavy atom. The van der Waals surface area contributed by atoms with Crippen molar-refractivity contribution in [3.8, 4) is 5.75 Å². The van der Waals surface area contributed by atoms with Gasteiger partial charge >= 0.3 is 0 Å². The van der Waals surface area contributed by atoms with Crippen molar-refractivity contribution in [2.24, 2.45) is 0 Å². The fourth-order valence-corrected chi connectivity index (χ4v) is 3.98. The summed E-state index contributed by atoms with van der Waals surface area (Å²) in [5.74, 6) is 0.996. The molecule has 1 saturated carbocycles. The Morgan fingerprint density at radius 1 is 1.37 bits per heavy atom. The van der Waals surface area contributed by atoms with Gasteiger partial charge in [-0.1, -0.05) is 19.1 Å². The molecule has 7 heteroatoms. The number of morpholine rings is 1. The molecule has 1 heterocycles. The van der Waals surface area contributed by atoms with Crippen molar-refractivity contribution in [1.29, 1.82) is 0 Å². The van der Waals surface area contributed by atoms with E-state index in [0.717, 1.165) is 49.1 Å². The molecule has 1 aromatic rings. The predicted molar refractivity (Wildman–Crippen MR) is 116 cm³/mol. The molecular weight excluding hydrogens is 382 g/mol. The minimum absolute atomic E-state index is 0.0278. The van der Waals surface area contributed by atoms with Gasteiger partial charge in [-0.3, -0.25) is 9.59 Å². The van der Waals surface area contributed by atoms with Gasteiger partial charge in [0.1, 0.15) is 11.9 Å². The van der Waals surface area contributed by atoms with Crippen LogP contribution in [-0.4, -0.2) is 62.2 Å². The summed E-state index contributed by atoms with van der Waals surface area (Å²) in [7, 11) is 1.67. The normalized spacial score (nSPS) is 19.8. The molecule has 1 aromatic carbocycles. The highest BCUT2D eigenvalue weighted by Gasteiger charge is 2.40. The van der Waals surface area contributed by atoms with Crippen LogP contribution >= 0.6 is 0 Å². The summed E-state index contributed by atoms with van der Waals surface area (Å²) in [6, 6.07) is 6.45. The van der Waals surface area contributed by atoms with Gasteiger partial charge in [-0.15, -0.1) is 0 Å². The van der Waals surface area contributed by atoms with E-state index in [4.69, 9.17) is 9.47 Å². The standard InChI is InChI=1S/C23H35N3O4/c1-4-22(27)25-11-5-6-18-14-17(7-10-20(18)29-3)16(2)26(19-8-9-19)23(28)21-15-24-12-13-30-21/h7,10,14,16,19,21,24H,4-6,8-9,11-13,15H2,1-3H3,(H,25,27)/t16-,21-/m1/s1. The summed E-state index contributed by atoms with van der Waals surface area (Å²) in [6.07, 6.45) is 3.85. The minimum atomic E-state index is -0.401. The second kappa shape index (κ2) is 10.8. The van der Waals surface area contributed by atoms with E-state index in [-0.39, 0.29) is 17.9 Å². The predicted octanol–water partition coefficient (Wildman–Crippen LogP) is 2.19. The van der Waals surface area contributed by atoms with Crippen molar-refractivity contribution in [3.63, 3.8) is 0 Å². The van der Waals surface area contributed by atoms with Crippen LogP contribution in [0.5, 0.6) is 5.75 Å². The SMILES string of the molecule is CCC(=O)NCCCc1cc([C@@H](C)N(C(=O)[C@H]2CNCCO2)C2CC2)ccc1OC. The summed E-state index contributed by atoms with van der Waals surface area (Å²) >= 11 is 0. The second-order valence-corrected chi connectivity index (χ2v) is 8.09. The van der Waals surface area contributed by atoms with Crippen LogP contribution in [0.3, 0.4) is 0 Å². The van der Waals surface area contributed by atoms with Crippen LogP contribution in [0.25, 0.3) is 0 Å². The van der Waals surface area contributed by atoms with Gasteiger partial charge in [0.2, 0.25) is 5.91 Å². The number of hydrogen-bond donors (Lipinski definition) is 2. The van der Waals surface area contributed by atoms with Crippen LogP contribution < -0.4 is 15.4 Å². The fourth-order valence-electron chi connectivity index (χ4n) is 3.98. The van der Waals surface area contributed by atoms with E-state index in [0.29, 0.717) is 32.2 Å². The molecule has 0 aromatic heterocycles. The van der Waals surface area contributed by atoms with E-state index in [1.807, 2.05) is 17.9 Å². The maximum absolute atomic E-state index is 13.2. The maximum atomic E-state index is 13.2. The highest BCUT2D eigenvalue weighted by Crippen LogP contribution is 2.36. The van der Waals surface area contributed by atoms with Crippen molar-refractivity contribution >= 4 is 11.8 Å². The number of rotatable bonds is 10. The summed E-state index contributed by atoms with van der Waals surface area (Å²) in [5, 5.41) is 6.17. The Morgan fingerprint density at radius 2 is 2.17 bits per heavy atom. The number of amides is 2. The number of aryl methyl sites for hydroxylation is 1. The van der Waals surface area contributed by atoms with Crippen LogP contribution in [0, 0.1) is 0 Å². The van der Waals surface area contributed by atoms with Gasteiger partial charge in [-0.25, -0.2) is 0 Å². The molecule has 0 radical (unpaired) electrons. The minimum Gasteiger partial charge on any atom is -0.496 e. The zero-order valence-corrected chi connectivity index (χ0v) is 18.4. The van der Waals surface area contributed by atoms with E-state index < -0.39 is 6.10 Å². The number of hydrogen-bond acceptors (Lipinski definition) is 5. The monoisotopic (exact) mass is 417 g/mol. The zero-order chi connectivity index (χ0) is 21.5. The van der Waals surface area contributed by atoms with Gasteiger partial charge in [-0.2, -0.15) is 0 Å². The molecule has 2 aliphatic rings. The Balaban J connectivity index is 1.70. The largest absolute Gasteiger partial charge is 0.496 e. The van der Waals surface area contributed by atoms with Crippen LogP contribution in [0.15, 0.2) is 18.2 Å². The van der Waals surface area contributed by atoms with Gasteiger partial charge in [0, 0.05) is 32.1 Å². The molecule has 0 bridgehead atoms. The van der Waals surface area contributed by atoms with Crippen LogP contribution in [0.2, 0.25) is 0 Å². The molecule has 30 heavy (non-hydrogen) atoms. The molecule has 2 N–H and O–H groups in total. The molecule has 2 atom stereocenters. The third-order valence-corrected chi connectivity index (χ3v) is 5.87. The Bertz CT molecular complexity index is 729. The number of carbonyl (C=O) groups is 2. The molecule has 1 saturated heterocycles. The first-order chi connectivity index (χ1) is 14.5. The van der Waals surface area contributed by atoms with E-state index in [1.54, 1.807) is 7.11 Å². The van der Waals surface area contributed by atoms with Crippen LogP contribution in [-0.2, 0) is 20.7 Å².